The molecule has 1 fully saturated rings. The lowest BCUT2D eigenvalue weighted by Gasteiger charge is -2.26. The SMILES string of the molecule is COc1cccc(C(=O)Nc2nc3cccc(C)c3n2C2CCCCN(C(=O)/C=C/CN(C)C)C2)c1. The van der Waals surface area contributed by atoms with E-state index in [4.69, 9.17) is 9.72 Å². The first-order valence-corrected chi connectivity index (χ1v) is 12.4. The summed E-state index contributed by atoms with van der Waals surface area (Å²) >= 11 is 0. The Bertz CT molecular complexity index is 1260. The van der Waals surface area contributed by atoms with Gasteiger partial charge in [-0.25, -0.2) is 4.98 Å². The zero-order valence-electron chi connectivity index (χ0n) is 21.5. The third-order valence-corrected chi connectivity index (χ3v) is 6.52. The Hall–Kier alpha value is -3.65. The number of amides is 2. The normalized spacial score (nSPS) is 16.5. The van der Waals surface area contributed by atoms with E-state index < -0.39 is 0 Å². The molecule has 3 aromatic rings. The second-order valence-corrected chi connectivity index (χ2v) is 9.53. The zero-order valence-corrected chi connectivity index (χ0v) is 21.5. The molecule has 1 aliphatic heterocycles. The number of para-hydroxylation sites is 1. The van der Waals surface area contributed by atoms with Crippen molar-refractivity contribution < 1.29 is 14.3 Å². The van der Waals surface area contributed by atoms with Gasteiger partial charge < -0.3 is 19.1 Å². The molecule has 2 aromatic carbocycles. The van der Waals surface area contributed by atoms with Gasteiger partial charge in [-0.1, -0.05) is 24.3 Å². The van der Waals surface area contributed by atoms with Gasteiger partial charge in [-0.2, -0.15) is 0 Å². The first-order valence-electron chi connectivity index (χ1n) is 12.4. The number of imidazole rings is 1. The minimum atomic E-state index is -0.253. The topological polar surface area (TPSA) is 79.7 Å². The highest BCUT2D eigenvalue weighted by Gasteiger charge is 2.27. The summed E-state index contributed by atoms with van der Waals surface area (Å²) in [7, 11) is 5.53. The fraction of sp³-hybridized carbons (Fsp3) is 0.393. The maximum atomic E-state index is 13.2. The Morgan fingerprint density at radius 2 is 2.00 bits per heavy atom. The molecule has 0 aliphatic carbocycles. The van der Waals surface area contributed by atoms with Crippen molar-refractivity contribution in [3.8, 4) is 5.75 Å². The summed E-state index contributed by atoms with van der Waals surface area (Å²) in [6, 6.07) is 13.0. The van der Waals surface area contributed by atoms with E-state index in [-0.39, 0.29) is 17.9 Å². The number of likely N-dealkylation sites (tertiary alicyclic amines) is 1. The average molecular weight is 490 g/mol. The van der Waals surface area contributed by atoms with Crippen LogP contribution in [-0.2, 0) is 4.79 Å². The van der Waals surface area contributed by atoms with E-state index >= 15 is 0 Å². The number of carbonyl (C=O) groups is 2. The molecule has 2 heterocycles. The smallest absolute Gasteiger partial charge is 0.258 e. The third kappa shape index (κ3) is 5.76. The predicted molar refractivity (Wildman–Crippen MR) is 143 cm³/mol. The van der Waals surface area contributed by atoms with Gasteiger partial charge in [0.1, 0.15) is 5.75 Å². The van der Waals surface area contributed by atoms with Crippen molar-refractivity contribution in [2.75, 3.05) is 46.2 Å². The number of nitrogens with zero attached hydrogens (tertiary/aromatic N) is 4. The molecule has 36 heavy (non-hydrogen) atoms. The maximum absolute atomic E-state index is 13.2. The molecule has 190 valence electrons. The number of likely N-dealkylation sites (N-methyl/N-ethyl adjacent to an activating group) is 1. The Kier molecular flexibility index (Phi) is 8.05. The molecule has 0 bridgehead atoms. The van der Waals surface area contributed by atoms with Crippen molar-refractivity contribution in [2.24, 2.45) is 0 Å². The van der Waals surface area contributed by atoms with Crippen LogP contribution >= 0.6 is 0 Å². The van der Waals surface area contributed by atoms with E-state index in [1.807, 2.05) is 42.1 Å². The number of aryl methyl sites for hydroxylation is 1. The van der Waals surface area contributed by atoms with E-state index in [1.54, 1.807) is 37.5 Å². The van der Waals surface area contributed by atoms with Crippen LogP contribution in [0, 0.1) is 6.92 Å². The average Bonchev–Trinajstić information content (AvgIpc) is 3.05. The minimum Gasteiger partial charge on any atom is -0.497 e. The number of hydrogen-bond acceptors (Lipinski definition) is 5. The lowest BCUT2D eigenvalue weighted by Crippen LogP contribution is -2.35. The molecule has 1 aliphatic rings. The summed E-state index contributed by atoms with van der Waals surface area (Å²) in [6.45, 7) is 4.05. The number of benzene rings is 2. The second-order valence-electron chi connectivity index (χ2n) is 9.53. The van der Waals surface area contributed by atoms with Crippen LogP contribution in [0.25, 0.3) is 11.0 Å². The van der Waals surface area contributed by atoms with Gasteiger partial charge in [-0.15, -0.1) is 0 Å². The van der Waals surface area contributed by atoms with Gasteiger partial charge in [0.15, 0.2) is 0 Å². The lowest BCUT2D eigenvalue weighted by molar-refractivity contribution is -0.126. The van der Waals surface area contributed by atoms with Gasteiger partial charge >= 0.3 is 0 Å². The largest absolute Gasteiger partial charge is 0.497 e. The molecule has 1 saturated heterocycles. The van der Waals surface area contributed by atoms with E-state index in [0.29, 0.717) is 23.8 Å². The van der Waals surface area contributed by atoms with Crippen LogP contribution in [0.1, 0.15) is 41.2 Å². The molecule has 1 unspecified atom stereocenters. The van der Waals surface area contributed by atoms with Crippen molar-refractivity contribution in [1.29, 1.82) is 0 Å². The Morgan fingerprint density at radius 3 is 2.78 bits per heavy atom. The molecule has 1 aromatic heterocycles. The first kappa shape index (κ1) is 25.4. The van der Waals surface area contributed by atoms with Crippen LogP contribution in [0.15, 0.2) is 54.6 Å². The van der Waals surface area contributed by atoms with E-state index in [2.05, 4.69) is 22.9 Å². The molecule has 2 amide bonds. The first-order chi connectivity index (χ1) is 17.4. The summed E-state index contributed by atoms with van der Waals surface area (Å²) in [5, 5.41) is 3.04. The van der Waals surface area contributed by atoms with Crippen molar-refractivity contribution in [3.63, 3.8) is 0 Å². The number of nitrogens with one attached hydrogen (secondary N) is 1. The summed E-state index contributed by atoms with van der Waals surface area (Å²) in [5.74, 6) is 0.880. The number of fused-ring (bicyclic) bond motifs is 1. The Labute approximate surface area is 212 Å². The van der Waals surface area contributed by atoms with Crippen molar-refractivity contribution in [1.82, 2.24) is 19.4 Å². The van der Waals surface area contributed by atoms with Gasteiger partial charge in [0.25, 0.3) is 5.91 Å². The molecule has 0 spiro atoms. The number of hydrogen-bond donors (Lipinski definition) is 1. The fourth-order valence-corrected chi connectivity index (χ4v) is 4.70. The molecule has 8 heteroatoms. The van der Waals surface area contributed by atoms with Crippen molar-refractivity contribution in [2.45, 2.75) is 32.2 Å². The highest BCUT2D eigenvalue weighted by Crippen LogP contribution is 2.32. The molecular formula is C28H35N5O3. The number of aromatic nitrogens is 2. The van der Waals surface area contributed by atoms with Crippen LogP contribution in [0.2, 0.25) is 0 Å². The summed E-state index contributed by atoms with van der Waals surface area (Å²) < 4.78 is 7.40. The van der Waals surface area contributed by atoms with Crippen LogP contribution < -0.4 is 10.1 Å². The van der Waals surface area contributed by atoms with Crippen molar-refractivity contribution in [3.05, 3.63) is 65.7 Å². The fourth-order valence-electron chi connectivity index (χ4n) is 4.70. The van der Waals surface area contributed by atoms with Crippen LogP contribution in [-0.4, -0.2) is 72.0 Å². The molecule has 1 atom stereocenters. The van der Waals surface area contributed by atoms with Gasteiger partial charge in [0.2, 0.25) is 11.9 Å². The van der Waals surface area contributed by atoms with Crippen LogP contribution in [0.5, 0.6) is 5.75 Å². The highest BCUT2D eigenvalue weighted by molar-refractivity contribution is 6.04. The second kappa shape index (κ2) is 11.4. The number of ether oxygens (including phenoxy) is 1. The molecule has 1 N–H and O–H groups in total. The minimum absolute atomic E-state index is 0.00888. The van der Waals surface area contributed by atoms with Crippen LogP contribution in [0.4, 0.5) is 5.95 Å². The van der Waals surface area contributed by atoms with E-state index in [9.17, 15) is 9.59 Å². The Balaban J connectivity index is 1.67. The highest BCUT2D eigenvalue weighted by atomic mass is 16.5. The predicted octanol–water partition coefficient (Wildman–Crippen LogP) is 4.28. The number of carbonyl (C=O) groups excluding carboxylic acids is 2. The lowest BCUT2D eigenvalue weighted by atomic mass is 10.1. The third-order valence-electron chi connectivity index (χ3n) is 6.52. The number of anilines is 1. The maximum Gasteiger partial charge on any atom is 0.258 e. The van der Waals surface area contributed by atoms with Crippen LogP contribution in [0.3, 0.4) is 0 Å². The molecule has 4 rings (SSSR count). The van der Waals surface area contributed by atoms with Gasteiger partial charge in [0, 0.05) is 31.3 Å². The zero-order chi connectivity index (χ0) is 25.7. The summed E-state index contributed by atoms with van der Waals surface area (Å²) in [4.78, 5) is 34.9. The Morgan fingerprint density at radius 1 is 1.19 bits per heavy atom. The number of methoxy groups -OCH3 is 1. The summed E-state index contributed by atoms with van der Waals surface area (Å²) in [6.07, 6.45) is 6.41. The van der Waals surface area contributed by atoms with Gasteiger partial charge in [0.05, 0.1) is 24.2 Å². The van der Waals surface area contributed by atoms with Gasteiger partial charge in [-0.05, 0) is 70.1 Å². The monoisotopic (exact) mass is 489 g/mol. The van der Waals surface area contributed by atoms with Crippen molar-refractivity contribution >= 4 is 28.8 Å². The molecule has 8 nitrogen and oxygen atoms in total. The molecule has 0 saturated carbocycles. The summed E-state index contributed by atoms with van der Waals surface area (Å²) in [5.41, 5.74) is 3.38. The van der Waals surface area contributed by atoms with E-state index in [0.717, 1.165) is 48.9 Å². The standard InChI is InChI=1S/C28H35N5O3/c1-20-10-7-14-24-26(20)33(28(29-24)30-27(35)21-11-8-13-23(18-21)36-4)22-12-5-6-17-32(19-22)25(34)15-9-16-31(2)3/h7-11,13-15,18,22H,5-6,12,16-17,19H2,1-4H3,(H,29,30,35)/b15-9+. The van der Waals surface area contributed by atoms with E-state index in [1.165, 1.54) is 0 Å². The number of rotatable bonds is 7. The molecular weight excluding hydrogens is 454 g/mol. The molecule has 0 radical (unpaired) electrons. The quantitative estimate of drug-likeness (QED) is 0.501. The van der Waals surface area contributed by atoms with Gasteiger partial charge in [-0.3, -0.25) is 14.9 Å².